The Labute approximate surface area is 286 Å². The van der Waals surface area contributed by atoms with E-state index in [1.54, 1.807) is 0 Å². The molecule has 0 saturated carbocycles. The number of rotatable bonds is 4. The first-order valence-corrected chi connectivity index (χ1v) is 16.8. The van der Waals surface area contributed by atoms with E-state index in [9.17, 15) is 10.5 Å². The molecule has 232 valence electrons. The minimum absolute atomic E-state index is 0.174. The standard InChI is InChI=1S/C45H32N4/c1-45-26-10-17-38(44(45)49(32-11-3-2-4-12-32)42-19-8-7-18-40(42)45)35-14-6-5-13-34(35)36-15-9-16-37-39-27-31(29-47)22-25-41(39)48(43(36)37)33-23-20-30(28-46)21-24-33/h2-3,5-11,13-25,27H,4,12,26H2,1H3. The van der Waals surface area contributed by atoms with Crippen LogP contribution in [0.3, 0.4) is 0 Å². The van der Waals surface area contributed by atoms with Crippen LogP contribution in [0.15, 0.2) is 151 Å². The summed E-state index contributed by atoms with van der Waals surface area (Å²) in [6.45, 7) is 2.41. The second-order valence-electron chi connectivity index (χ2n) is 13.3. The van der Waals surface area contributed by atoms with Gasteiger partial charge in [-0.15, -0.1) is 0 Å². The van der Waals surface area contributed by atoms with E-state index >= 15 is 0 Å². The van der Waals surface area contributed by atoms with Crippen molar-refractivity contribution >= 4 is 33.1 Å². The third kappa shape index (κ3) is 4.28. The van der Waals surface area contributed by atoms with Crippen molar-refractivity contribution in [1.82, 2.24) is 4.57 Å². The molecule has 6 aromatic rings. The van der Waals surface area contributed by atoms with Crippen LogP contribution in [0.4, 0.5) is 5.69 Å². The van der Waals surface area contributed by atoms with Crippen molar-refractivity contribution in [3.63, 3.8) is 0 Å². The van der Waals surface area contributed by atoms with E-state index in [2.05, 4.69) is 126 Å². The highest BCUT2D eigenvalue weighted by Crippen LogP contribution is 2.57. The van der Waals surface area contributed by atoms with E-state index in [0.29, 0.717) is 11.1 Å². The molecular formula is C45H32N4. The van der Waals surface area contributed by atoms with Crippen molar-refractivity contribution in [3.05, 3.63) is 173 Å². The average molecular weight is 629 g/mol. The molecule has 0 N–H and O–H groups in total. The second-order valence-corrected chi connectivity index (χ2v) is 13.3. The molecular weight excluding hydrogens is 597 g/mol. The summed E-state index contributed by atoms with van der Waals surface area (Å²) in [5.74, 6) is 0. The summed E-state index contributed by atoms with van der Waals surface area (Å²) in [6, 6.07) is 42.5. The molecule has 4 nitrogen and oxygen atoms in total. The highest BCUT2D eigenvalue weighted by Gasteiger charge is 2.47. The van der Waals surface area contributed by atoms with E-state index in [1.807, 2.05) is 42.5 Å². The maximum Gasteiger partial charge on any atom is 0.0991 e. The summed E-state index contributed by atoms with van der Waals surface area (Å²) in [5, 5.41) is 21.5. The van der Waals surface area contributed by atoms with Gasteiger partial charge in [0.2, 0.25) is 0 Å². The van der Waals surface area contributed by atoms with Crippen molar-refractivity contribution in [2.75, 3.05) is 4.90 Å². The van der Waals surface area contributed by atoms with Gasteiger partial charge < -0.3 is 9.47 Å². The van der Waals surface area contributed by atoms with Crippen molar-refractivity contribution in [2.24, 2.45) is 0 Å². The summed E-state index contributed by atoms with van der Waals surface area (Å²) < 4.78 is 2.29. The van der Waals surface area contributed by atoms with Gasteiger partial charge in [0.1, 0.15) is 0 Å². The van der Waals surface area contributed by atoms with Crippen LogP contribution in [0.1, 0.15) is 48.4 Å². The van der Waals surface area contributed by atoms with Crippen LogP contribution in [-0.4, -0.2) is 4.57 Å². The molecule has 1 atom stereocenters. The molecule has 0 spiro atoms. The van der Waals surface area contributed by atoms with E-state index < -0.39 is 0 Å². The largest absolute Gasteiger partial charge is 0.316 e. The first kappa shape index (κ1) is 28.8. The molecule has 2 heterocycles. The molecule has 0 radical (unpaired) electrons. The molecule has 2 aliphatic carbocycles. The normalized spacial score (nSPS) is 17.9. The Kier molecular flexibility index (Phi) is 6.54. The lowest BCUT2D eigenvalue weighted by molar-refractivity contribution is 0.576. The minimum Gasteiger partial charge on any atom is -0.316 e. The zero-order valence-corrected chi connectivity index (χ0v) is 27.2. The van der Waals surface area contributed by atoms with E-state index in [0.717, 1.165) is 57.9 Å². The number of benzene rings is 5. The molecule has 0 saturated heterocycles. The molecule has 1 aromatic heterocycles. The fourth-order valence-electron chi connectivity index (χ4n) is 8.30. The smallest absolute Gasteiger partial charge is 0.0991 e. The summed E-state index contributed by atoms with van der Waals surface area (Å²) >= 11 is 0. The first-order valence-electron chi connectivity index (χ1n) is 16.8. The van der Waals surface area contributed by atoms with Crippen molar-refractivity contribution in [2.45, 2.75) is 31.6 Å². The SMILES string of the molecule is CC12CC=CC(c3ccccc3-c3cccc4c5cc(C#N)ccc5n(-c5ccc(C#N)cc5)c34)=C1N(C1=CC=CCC1)c1ccccc12. The number of aromatic nitrogens is 1. The average Bonchev–Trinajstić information content (AvgIpc) is 3.64. The third-order valence-corrected chi connectivity index (χ3v) is 10.5. The monoisotopic (exact) mass is 628 g/mol. The minimum atomic E-state index is -0.174. The van der Waals surface area contributed by atoms with Crippen LogP contribution in [-0.2, 0) is 5.41 Å². The Morgan fingerprint density at radius 3 is 2.27 bits per heavy atom. The summed E-state index contributed by atoms with van der Waals surface area (Å²) in [4.78, 5) is 2.55. The van der Waals surface area contributed by atoms with Gasteiger partial charge in [-0.3, -0.25) is 0 Å². The Balaban J connectivity index is 1.35. The van der Waals surface area contributed by atoms with Crippen molar-refractivity contribution in [1.29, 1.82) is 10.5 Å². The predicted molar refractivity (Wildman–Crippen MR) is 199 cm³/mol. The Hall–Kier alpha value is -6.36. The fourth-order valence-corrected chi connectivity index (χ4v) is 8.30. The molecule has 49 heavy (non-hydrogen) atoms. The number of allylic oxidation sites excluding steroid dienone is 8. The maximum absolute atomic E-state index is 9.83. The second kappa shape index (κ2) is 11.1. The zero-order chi connectivity index (χ0) is 33.1. The topological polar surface area (TPSA) is 55.8 Å². The van der Waals surface area contributed by atoms with Crippen LogP contribution < -0.4 is 4.90 Å². The molecule has 3 aliphatic rings. The molecule has 4 heteroatoms. The van der Waals surface area contributed by atoms with Gasteiger partial charge in [-0.25, -0.2) is 0 Å². The molecule has 9 rings (SSSR count). The number of para-hydroxylation sites is 2. The van der Waals surface area contributed by atoms with Gasteiger partial charge in [-0.2, -0.15) is 10.5 Å². The summed E-state index contributed by atoms with van der Waals surface area (Å²) in [7, 11) is 0. The fraction of sp³-hybridized carbons (Fsp3) is 0.111. The first-order chi connectivity index (χ1) is 24.1. The number of fused-ring (bicyclic) bond motifs is 6. The summed E-state index contributed by atoms with van der Waals surface area (Å²) in [5.41, 5.74) is 14.1. The van der Waals surface area contributed by atoms with Crippen LogP contribution in [0.25, 0.3) is 44.2 Å². The highest BCUT2D eigenvalue weighted by atomic mass is 15.2. The lowest BCUT2D eigenvalue weighted by Gasteiger charge is -2.36. The third-order valence-electron chi connectivity index (χ3n) is 10.5. The van der Waals surface area contributed by atoms with Gasteiger partial charge in [0, 0.05) is 50.1 Å². The molecule has 1 aliphatic heterocycles. The molecule has 5 aromatic carbocycles. The van der Waals surface area contributed by atoms with Gasteiger partial charge >= 0.3 is 0 Å². The van der Waals surface area contributed by atoms with Crippen molar-refractivity contribution in [3.8, 4) is 29.0 Å². The molecule has 1 unspecified atom stereocenters. The van der Waals surface area contributed by atoms with Gasteiger partial charge in [0.05, 0.1) is 34.3 Å². The lowest BCUT2D eigenvalue weighted by Crippen LogP contribution is -2.31. The van der Waals surface area contributed by atoms with Gasteiger partial charge in [0.25, 0.3) is 0 Å². The maximum atomic E-state index is 9.83. The number of hydrogen-bond donors (Lipinski definition) is 0. The zero-order valence-electron chi connectivity index (χ0n) is 27.2. The van der Waals surface area contributed by atoms with Gasteiger partial charge in [-0.1, -0.05) is 85.0 Å². The Bertz CT molecular complexity index is 2560. The molecule has 0 amide bonds. The predicted octanol–water partition coefficient (Wildman–Crippen LogP) is 10.9. The van der Waals surface area contributed by atoms with Gasteiger partial charge in [0.15, 0.2) is 0 Å². The van der Waals surface area contributed by atoms with Crippen LogP contribution in [0.2, 0.25) is 0 Å². The Morgan fingerprint density at radius 2 is 1.47 bits per heavy atom. The Morgan fingerprint density at radius 1 is 0.714 bits per heavy atom. The van der Waals surface area contributed by atoms with E-state index in [1.165, 1.54) is 33.8 Å². The van der Waals surface area contributed by atoms with Gasteiger partial charge in [-0.05, 0) is 97.5 Å². The molecule has 0 fully saturated rings. The van der Waals surface area contributed by atoms with E-state index in [-0.39, 0.29) is 5.41 Å². The van der Waals surface area contributed by atoms with Crippen LogP contribution >= 0.6 is 0 Å². The quantitative estimate of drug-likeness (QED) is 0.195. The number of nitriles is 2. The van der Waals surface area contributed by atoms with Crippen LogP contribution in [0.5, 0.6) is 0 Å². The van der Waals surface area contributed by atoms with Crippen LogP contribution in [0, 0.1) is 22.7 Å². The lowest BCUT2D eigenvalue weighted by atomic mass is 9.73. The van der Waals surface area contributed by atoms with E-state index in [4.69, 9.17) is 0 Å². The highest BCUT2D eigenvalue weighted by molar-refractivity contribution is 6.15. The molecule has 0 bridgehead atoms. The number of anilines is 1. The number of hydrogen-bond acceptors (Lipinski definition) is 3. The summed E-state index contributed by atoms with van der Waals surface area (Å²) in [6.07, 6.45) is 14.4. The number of nitrogens with zero attached hydrogens (tertiary/aromatic N) is 4. The van der Waals surface area contributed by atoms with Crippen molar-refractivity contribution < 1.29 is 0 Å².